The van der Waals surface area contributed by atoms with Gasteiger partial charge in [-0.2, -0.15) is 0 Å². The summed E-state index contributed by atoms with van der Waals surface area (Å²) in [5, 5.41) is 2.87. The number of aromatic nitrogens is 4. The van der Waals surface area contributed by atoms with E-state index in [9.17, 15) is 4.79 Å². The maximum absolute atomic E-state index is 12.6. The topological polar surface area (TPSA) is 93.0 Å². The fraction of sp³-hybridized carbons (Fsp3) is 0.250. The molecule has 1 N–H and O–H groups in total. The monoisotopic (exact) mass is 412 g/mol. The van der Waals surface area contributed by atoms with Crippen molar-refractivity contribution in [2.75, 3.05) is 5.32 Å². The van der Waals surface area contributed by atoms with E-state index < -0.39 is 0 Å². The van der Waals surface area contributed by atoms with Crippen molar-refractivity contribution in [2.24, 2.45) is 16.8 Å². The number of aryl methyl sites for hydroxylation is 1. The summed E-state index contributed by atoms with van der Waals surface area (Å²) >= 11 is 0. The van der Waals surface area contributed by atoms with Crippen molar-refractivity contribution in [1.29, 1.82) is 0 Å². The normalized spacial score (nSPS) is 18.2. The first-order valence-corrected chi connectivity index (χ1v) is 10.2. The Hall–Kier alpha value is -3.74. The second-order valence-corrected chi connectivity index (χ2v) is 7.73. The predicted octanol–water partition coefficient (Wildman–Crippen LogP) is 4.23. The Bertz CT molecular complexity index is 1140. The van der Waals surface area contributed by atoms with Gasteiger partial charge in [-0.05, 0) is 48.2 Å². The highest BCUT2D eigenvalue weighted by molar-refractivity contribution is 6.03. The zero-order valence-electron chi connectivity index (χ0n) is 17.8. The zero-order valence-corrected chi connectivity index (χ0v) is 17.8. The van der Waals surface area contributed by atoms with Crippen LogP contribution in [0.5, 0.6) is 0 Å². The molecule has 0 saturated heterocycles. The molecule has 4 rings (SSSR count). The fourth-order valence-corrected chi connectivity index (χ4v) is 3.63. The molecular weight excluding hydrogens is 388 g/mol. The molecule has 0 bridgehead atoms. The van der Waals surface area contributed by atoms with Gasteiger partial charge >= 0.3 is 0 Å². The van der Waals surface area contributed by atoms with E-state index in [1.54, 1.807) is 37.1 Å². The van der Waals surface area contributed by atoms with E-state index in [1.165, 1.54) is 0 Å². The number of hydrogen-bond acceptors (Lipinski definition) is 6. The van der Waals surface area contributed by atoms with Gasteiger partial charge in [0, 0.05) is 48.2 Å². The highest BCUT2D eigenvalue weighted by atomic mass is 16.1. The Labute approximate surface area is 181 Å². The van der Waals surface area contributed by atoms with Crippen molar-refractivity contribution in [3.05, 3.63) is 78.3 Å². The first kappa shape index (κ1) is 20.5. The summed E-state index contributed by atoms with van der Waals surface area (Å²) in [5.74, 6) is 0.812. The Morgan fingerprint density at radius 1 is 0.968 bits per heavy atom. The van der Waals surface area contributed by atoms with E-state index in [-0.39, 0.29) is 24.2 Å². The SMILES string of the molecule is Cc1cc(C2=NC=C(CC(=O)Nc3ccc(-c4cnccn4)cn3)C(C)C2C)ccn1. The van der Waals surface area contributed by atoms with Gasteiger partial charge in [-0.1, -0.05) is 13.8 Å². The molecule has 1 amide bonds. The average Bonchev–Trinajstić information content (AvgIpc) is 2.78. The van der Waals surface area contributed by atoms with E-state index in [0.29, 0.717) is 5.82 Å². The molecule has 2 unspecified atom stereocenters. The molecule has 31 heavy (non-hydrogen) atoms. The fourth-order valence-electron chi connectivity index (χ4n) is 3.63. The molecule has 7 nitrogen and oxygen atoms in total. The molecule has 1 aliphatic rings. The lowest BCUT2D eigenvalue weighted by Crippen LogP contribution is -2.26. The summed E-state index contributed by atoms with van der Waals surface area (Å²) in [4.78, 5) is 34.2. The molecular formula is C24H24N6O. The van der Waals surface area contributed by atoms with Gasteiger partial charge in [-0.3, -0.25) is 24.7 Å². The van der Waals surface area contributed by atoms with Crippen LogP contribution in [0.25, 0.3) is 11.3 Å². The zero-order chi connectivity index (χ0) is 21.8. The Kier molecular flexibility index (Phi) is 5.93. The van der Waals surface area contributed by atoms with Crippen LogP contribution in [0.2, 0.25) is 0 Å². The summed E-state index contributed by atoms with van der Waals surface area (Å²) in [7, 11) is 0. The highest BCUT2D eigenvalue weighted by Gasteiger charge is 2.27. The standard InChI is InChI=1S/C24H24N6O/c1-15-10-18(6-7-26-15)24-17(3)16(2)20(13-29-24)11-23(31)30-22-5-4-19(12-28-22)21-14-25-8-9-27-21/h4-10,12-14,16-17H,11H2,1-3H3,(H,28,30,31). The van der Waals surface area contributed by atoms with Crippen molar-refractivity contribution < 1.29 is 4.79 Å². The lowest BCUT2D eigenvalue weighted by molar-refractivity contribution is -0.115. The number of nitrogens with one attached hydrogen (secondary N) is 1. The van der Waals surface area contributed by atoms with Gasteiger partial charge in [0.25, 0.3) is 0 Å². The highest BCUT2D eigenvalue weighted by Crippen LogP contribution is 2.31. The molecule has 1 aliphatic heterocycles. The minimum Gasteiger partial charge on any atom is -0.310 e. The molecule has 4 heterocycles. The number of amides is 1. The molecule has 2 atom stereocenters. The Morgan fingerprint density at radius 3 is 2.55 bits per heavy atom. The van der Waals surface area contributed by atoms with Crippen molar-refractivity contribution in [3.8, 4) is 11.3 Å². The van der Waals surface area contributed by atoms with Crippen LogP contribution in [0.15, 0.2) is 72.0 Å². The van der Waals surface area contributed by atoms with Gasteiger partial charge in [0.15, 0.2) is 0 Å². The van der Waals surface area contributed by atoms with E-state index >= 15 is 0 Å². The van der Waals surface area contributed by atoms with E-state index in [0.717, 1.165) is 33.8 Å². The number of carbonyl (C=O) groups excluding carboxylic acids is 1. The summed E-state index contributed by atoms with van der Waals surface area (Å²) in [6, 6.07) is 7.66. The van der Waals surface area contributed by atoms with Crippen LogP contribution in [-0.2, 0) is 4.79 Å². The molecule has 3 aromatic rings. The van der Waals surface area contributed by atoms with Gasteiger partial charge in [-0.25, -0.2) is 4.98 Å². The number of aliphatic imine (C=N–C) groups is 1. The number of pyridine rings is 2. The van der Waals surface area contributed by atoms with Gasteiger partial charge in [0.1, 0.15) is 5.82 Å². The molecule has 0 aliphatic carbocycles. The molecule has 0 spiro atoms. The second kappa shape index (κ2) is 8.95. The molecule has 0 saturated carbocycles. The first-order valence-electron chi connectivity index (χ1n) is 10.2. The van der Waals surface area contributed by atoms with Gasteiger partial charge in [0.05, 0.1) is 24.0 Å². The van der Waals surface area contributed by atoms with Crippen LogP contribution in [0.1, 0.15) is 31.5 Å². The van der Waals surface area contributed by atoms with E-state index in [2.05, 4.69) is 44.1 Å². The molecule has 156 valence electrons. The second-order valence-electron chi connectivity index (χ2n) is 7.73. The molecule has 0 fully saturated rings. The Balaban J connectivity index is 1.43. The molecule has 7 heteroatoms. The number of anilines is 1. The summed E-state index contributed by atoms with van der Waals surface area (Å²) in [5.41, 5.74) is 5.67. The van der Waals surface area contributed by atoms with E-state index in [1.807, 2.05) is 31.3 Å². The summed E-state index contributed by atoms with van der Waals surface area (Å²) < 4.78 is 0. The van der Waals surface area contributed by atoms with Crippen LogP contribution in [0.3, 0.4) is 0 Å². The first-order chi connectivity index (χ1) is 15.0. The third kappa shape index (κ3) is 4.71. The molecule has 0 radical (unpaired) electrons. The van der Waals surface area contributed by atoms with Crippen molar-refractivity contribution >= 4 is 17.4 Å². The van der Waals surface area contributed by atoms with E-state index in [4.69, 9.17) is 0 Å². The number of carbonyl (C=O) groups is 1. The number of rotatable bonds is 5. The lowest BCUT2D eigenvalue weighted by atomic mass is 9.80. The van der Waals surface area contributed by atoms with Gasteiger partial charge < -0.3 is 5.32 Å². The van der Waals surface area contributed by atoms with Crippen molar-refractivity contribution in [1.82, 2.24) is 19.9 Å². The van der Waals surface area contributed by atoms with Gasteiger partial charge in [0.2, 0.25) is 5.91 Å². The Morgan fingerprint density at radius 2 is 1.84 bits per heavy atom. The maximum atomic E-state index is 12.6. The quantitative estimate of drug-likeness (QED) is 0.677. The molecule has 0 aromatic carbocycles. The van der Waals surface area contributed by atoms with Crippen molar-refractivity contribution in [2.45, 2.75) is 27.2 Å². The third-order valence-corrected chi connectivity index (χ3v) is 5.58. The van der Waals surface area contributed by atoms with Crippen LogP contribution >= 0.6 is 0 Å². The maximum Gasteiger partial charge on any atom is 0.229 e. The minimum absolute atomic E-state index is 0.108. The van der Waals surface area contributed by atoms with Crippen LogP contribution in [-0.4, -0.2) is 31.6 Å². The van der Waals surface area contributed by atoms with Crippen LogP contribution in [0, 0.1) is 18.8 Å². The smallest absolute Gasteiger partial charge is 0.229 e. The minimum atomic E-state index is -0.108. The van der Waals surface area contributed by atoms with Crippen molar-refractivity contribution in [3.63, 3.8) is 0 Å². The summed E-state index contributed by atoms with van der Waals surface area (Å²) in [6.45, 7) is 6.26. The summed E-state index contributed by atoms with van der Waals surface area (Å²) in [6.07, 6.45) is 10.5. The van der Waals surface area contributed by atoms with Gasteiger partial charge in [-0.15, -0.1) is 0 Å². The lowest BCUT2D eigenvalue weighted by Gasteiger charge is -2.27. The van der Waals surface area contributed by atoms with Crippen LogP contribution < -0.4 is 5.32 Å². The largest absolute Gasteiger partial charge is 0.310 e. The average molecular weight is 412 g/mol. The molecule has 3 aromatic heterocycles. The number of nitrogens with zero attached hydrogens (tertiary/aromatic N) is 5. The predicted molar refractivity (Wildman–Crippen MR) is 120 cm³/mol. The number of hydrogen-bond donors (Lipinski definition) is 1. The third-order valence-electron chi connectivity index (χ3n) is 5.58. The van der Waals surface area contributed by atoms with Crippen LogP contribution in [0.4, 0.5) is 5.82 Å².